The first-order valence-electron chi connectivity index (χ1n) is 6.01. The van der Waals surface area contributed by atoms with Crippen LogP contribution in [-0.2, 0) is 6.42 Å². The third-order valence-corrected chi connectivity index (χ3v) is 2.90. The number of aromatic nitrogens is 1. The quantitative estimate of drug-likeness (QED) is 0.798. The molecule has 90 valence electrons. The highest BCUT2D eigenvalue weighted by Crippen LogP contribution is 2.23. The van der Waals surface area contributed by atoms with E-state index in [0.29, 0.717) is 6.04 Å². The number of nitrogens with two attached hydrogens (primary N) is 1. The molecule has 0 aliphatic rings. The van der Waals surface area contributed by atoms with Gasteiger partial charge in [-0.05, 0) is 51.5 Å². The second-order valence-electron chi connectivity index (χ2n) is 4.33. The van der Waals surface area contributed by atoms with E-state index < -0.39 is 0 Å². The summed E-state index contributed by atoms with van der Waals surface area (Å²) < 4.78 is 0. The Kier molecular flexibility index (Phi) is 5.43. The Morgan fingerprint density at radius 2 is 2.19 bits per heavy atom. The first-order chi connectivity index (χ1) is 7.70. The van der Waals surface area contributed by atoms with Crippen LogP contribution in [0, 0.1) is 0 Å². The Morgan fingerprint density at radius 3 is 2.75 bits per heavy atom. The van der Waals surface area contributed by atoms with Crippen molar-refractivity contribution < 1.29 is 0 Å². The van der Waals surface area contributed by atoms with E-state index in [-0.39, 0.29) is 0 Å². The van der Waals surface area contributed by atoms with Crippen LogP contribution in [0.15, 0.2) is 18.3 Å². The third kappa shape index (κ3) is 3.29. The van der Waals surface area contributed by atoms with Gasteiger partial charge in [0, 0.05) is 6.20 Å². The number of rotatable bonds is 6. The monoisotopic (exact) mass is 221 g/mol. The van der Waals surface area contributed by atoms with Crippen LogP contribution in [0.1, 0.15) is 37.1 Å². The van der Waals surface area contributed by atoms with Crippen molar-refractivity contribution in [2.24, 2.45) is 5.73 Å². The van der Waals surface area contributed by atoms with Crippen molar-refractivity contribution in [2.75, 3.05) is 20.6 Å². The molecule has 0 aliphatic heterocycles. The maximum atomic E-state index is 5.56. The Hall–Kier alpha value is -0.930. The third-order valence-electron chi connectivity index (χ3n) is 2.90. The van der Waals surface area contributed by atoms with Gasteiger partial charge >= 0.3 is 0 Å². The molecule has 0 radical (unpaired) electrons. The van der Waals surface area contributed by atoms with Crippen LogP contribution in [0.4, 0.5) is 0 Å². The number of hydrogen-bond donors (Lipinski definition) is 1. The molecule has 1 aromatic heterocycles. The van der Waals surface area contributed by atoms with Crippen molar-refractivity contribution in [1.82, 2.24) is 9.88 Å². The van der Waals surface area contributed by atoms with Crippen molar-refractivity contribution in [3.8, 4) is 0 Å². The fraction of sp³-hybridized carbons (Fsp3) is 0.615. The normalized spacial score (nSPS) is 13.1. The minimum Gasteiger partial charge on any atom is -0.330 e. The highest BCUT2D eigenvalue weighted by molar-refractivity contribution is 5.23. The van der Waals surface area contributed by atoms with E-state index in [1.54, 1.807) is 0 Å². The molecule has 0 aliphatic carbocycles. The zero-order valence-electron chi connectivity index (χ0n) is 10.6. The molecule has 0 saturated carbocycles. The summed E-state index contributed by atoms with van der Waals surface area (Å²) in [6.07, 6.45) is 5.03. The SMILES string of the molecule is CC[C@H](c1ncccc1CCCN)N(C)C. The van der Waals surface area contributed by atoms with Crippen molar-refractivity contribution in [3.05, 3.63) is 29.6 Å². The van der Waals surface area contributed by atoms with Gasteiger partial charge in [-0.15, -0.1) is 0 Å². The summed E-state index contributed by atoms with van der Waals surface area (Å²) >= 11 is 0. The summed E-state index contributed by atoms with van der Waals surface area (Å²) in [5.41, 5.74) is 8.12. The second kappa shape index (κ2) is 6.61. The molecule has 0 fully saturated rings. The van der Waals surface area contributed by atoms with Crippen molar-refractivity contribution >= 4 is 0 Å². The first-order valence-corrected chi connectivity index (χ1v) is 6.01. The maximum Gasteiger partial charge on any atom is 0.0606 e. The molecule has 16 heavy (non-hydrogen) atoms. The van der Waals surface area contributed by atoms with Gasteiger partial charge in [0.15, 0.2) is 0 Å². The predicted molar refractivity (Wildman–Crippen MR) is 68.3 cm³/mol. The summed E-state index contributed by atoms with van der Waals surface area (Å²) in [7, 11) is 4.21. The highest BCUT2D eigenvalue weighted by atomic mass is 15.1. The lowest BCUT2D eigenvalue weighted by Crippen LogP contribution is -2.21. The molecule has 3 nitrogen and oxygen atoms in total. The Balaban J connectivity index is 2.91. The second-order valence-corrected chi connectivity index (χ2v) is 4.33. The van der Waals surface area contributed by atoms with Gasteiger partial charge in [0.05, 0.1) is 11.7 Å². The molecule has 0 spiro atoms. The fourth-order valence-corrected chi connectivity index (χ4v) is 2.06. The average Bonchev–Trinajstić information content (AvgIpc) is 2.28. The highest BCUT2D eigenvalue weighted by Gasteiger charge is 2.16. The summed E-state index contributed by atoms with van der Waals surface area (Å²) in [4.78, 5) is 6.77. The number of nitrogens with zero attached hydrogens (tertiary/aromatic N) is 2. The first kappa shape index (κ1) is 13.1. The minimum atomic E-state index is 0.411. The smallest absolute Gasteiger partial charge is 0.0606 e. The number of pyridine rings is 1. The van der Waals surface area contributed by atoms with Gasteiger partial charge in [-0.1, -0.05) is 13.0 Å². The molecule has 2 N–H and O–H groups in total. The van der Waals surface area contributed by atoms with Gasteiger partial charge in [-0.2, -0.15) is 0 Å². The lowest BCUT2D eigenvalue weighted by Gasteiger charge is -2.24. The van der Waals surface area contributed by atoms with Gasteiger partial charge in [0.1, 0.15) is 0 Å². The topological polar surface area (TPSA) is 42.1 Å². The van der Waals surface area contributed by atoms with Crippen molar-refractivity contribution in [2.45, 2.75) is 32.2 Å². The molecule has 1 heterocycles. The van der Waals surface area contributed by atoms with Crippen LogP contribution < -0.4 is 5.73 Å². The molecule has 1 rings (SSSR count). The zero-order valence-corrected chi connectivity index (χ0v) is 10.6. The molecule has 0 amide bonds. The molecule has 0 aromatic carbocycles. The molecular formula is C13H23N3. The van der Waals surface area contributed by atoms with E-state index in [2.05, 4.69) is 37.0 Å². The van der Waals surface area contributed by atoms with Crippen LogP contribution in [0.2, 0.25) is 0 Å². The van der Waals surface area contributed by atoms with Crippen LogP contribution in [-0.4, -0.2) is 30.5 Å². The van der Waals surface area contributed by atoms with E-state index in [1.165, 1.54) is 11.3 Å². The lowest BCUT2D eigenvalue weighted by atomic mass is 10.0. The summed E-state index contributed by atoms with van der Waals surface area (Å²) in [5, 5.41) is 0. The van der Waals surface area contributed by atoms with Crippen molar-refractivity contribution in [3.63, 3.8) is 0 Å². The molecule has 0 saturated heterocycles. The summed E-state index contributed by atoms with van der Waals surface area (Å²) in [6.45, 7) is 2.94. The van der Waals surface area contributed by atoms with Crippen LogP contribution >= 0.6 is 0 Å². The molecule has 0 bridgehead atoms. The van der Waals surface area contributed by atoms with Gasteiger partial charge in [-0.25, -0.2) is 0 Å². The van der Waals surface area contributed by atoms with Crippen LogP contribution in [0.3, 0.4) is 0 Å². The van der Waals surface area contributed by atoms with Gasteiger partial charge in [0.2, 0.25) is 0 Å². The summed E-state index contributed by atoms with van der Waals surface area (Å²) in [5.74, 6) is 0. The van der Waals surface area contributed by atoms with Gasteiger partial charge < -0.3 is 10.6 Å². The molecule has 1 atom stereocenters. The Bertz CT molecular complexity index is 310. The molecule has 1 aromatic rings. The van der Waals surface area contributed by atoms with E-state index in [9.17, 15) is 0 Å². The van der Waals surface area contributed by atoms with E-state index in [1.807, 2.05) is 12.3 Å². The van der Waals surface area contributed by atoms with Crippen LogP contribution in [0.25, 0.3) is 0 Å². The van der Waals surface area contributed by atoms with Crippen LogP contribution in [0.5, 0.6) is 0 Å². The van der Waals surface area contributed by atoms with E-state index in [4.69, 9.17) is 5.73 Å². The lowest BCUT2D eigenvalue weighted by molar-refractivity contribution is 0.284. The van der Waals surface area contributed by atoms with E-state index >= 15 is 0 Å². The van der Waals surface area contributed by atoms with Gasteiger partial charge in [-0.3, -0.25) is 4.98 Å². The van der Waals surface area contributed by atoms with E-state index in [0.717, 1.165) is 25.8 Å². The number of aryl methyl sites for hydroxylation is 1. The predicted octanol–water partition coefficient (Wildman–Crippen LogP) is 1.99. The largest absolute Gasteiger partial charge is 0.330 e. The summed E-state index contributed by atoms with van der Waals surface area (Å²) in [6, 6.07) is 4.59. The minimum absolute atomic E-state index is 0.411. The zero-order chi connectivity index (χ0) is 12.0. The van der Waals surface area contributed by atoms with Gasteiger partial charge in [0.25, 0.3) is 0 Å². The maximum absolute atomic E-state index is 5.56. The average molecular weight is 221 g/mol. The molecule has 3 heteroatoms. The standard InChI is InChI=1S/C13H23N3/c1-4-12(16(2)3)13-11(7-5-9-14)8-6-10-15-13/h6,8,10,12H,4-5,7,9,14H2,1-3H3/t12-/m1/s1. The Labute approximate surface area is 98.7 Å². The molecular weight excluding hydrogens is 198 g/mol. The fourth-order valence-electron chi connectivity index (χ4n) is 2.06. The molecule has 0 unspecified atom stereocenters. The Morgan fingerprint density at radius 1 is 1.44 bits per heavy atom. The number of hydrogen-bond acceptors (Lipinski definition) is 3. The van der Waals surface area contributed by atoms with Crippen molar-refractivity contribution in [1.29, 1.82) is 0 Å².